The van der Waals surface area contributed by atoms with Crippen molar-refractivity contribution >= 4 is 23.2 Å². The number of amides is 1. The number of anilines is 1. The fourth-order valence-corrected chi connectivity index (χ4v) is 2.07. The largest absolute Gasteiger partial charge is 0.486 e. The van der Waals surface area contributed by atoms with E-state index in [1.54, 1.807) is 12.1 Å². The topological polar surface area (TPSA) is 73.6 Å². The van der Waals surface area contributed by atoms with E-state index in [4.69, 9.17) is 26.8 Å². The van der Waals surface area contributed by atoms with Crippen LogP contribution in [-0.2, 0) is 4.79 Å². The van der Waals surface area contributed by atoms with Gasteiger partial charge in [0.25, 0.3) is 0 Å². The highest BCUT2D eigenvalue weighted by molar-refractivity contribution is 6.34. The van der Waals surface area contributed by atoms with Crippen molar-refractivity contribution in [1.29, 1.82) is 0 Å². The van der Waals surface area contributed by atoms with Crippen LogP contribution in [0.3, 0.4) is 0 Å². The van der Waals surface area contributed by atoms with Gasteiger partial charge in [-0.15, -0.1) is 0 Å². The molecule has 1 heterocycles. The number of ether oxygens (including phenoxy) is 2. The molecule has 110 valence electrons. The van der Waals surface area contributed by atoms with Crippen LogP contribution in [0, 0.1) is 5.92 Å². The van der Waals surface area contributed by atoms with Crippen LogP contribution in [0.2, 0.25) is 5.02 Å². The Morgan fingerprint density at radius 2 is 2.05 bits per heavy atom. The predicted molar refractivity (Wildman–Crippen MR) is 78.5 cm³/mol. The number of rotatable bonds is 5. The van der Waals surface area contributed by atoms with E-state index in [9.17, 15) is 4.79 Å². The minimum Gasteiger partial charge on any atom is -0.486 e. The van der Waals surface area contributed by atoms with Gasteiger partial charge in [-0.25, -0.2) is 0 Å². The number of hydrogen-bond donors (Lipinski definition) is 2. The first-order valence-electron chi connectivity index (χ1n) is 6.69. The van der Waals surface area contributed by atoms with Gasteiger partial charge in [-0.05, 0) is 18.9 Å². The maximum Gasteiger partial charge on any atom is 0.224 e. The average Bonchev–Trinajstić information content (AvgIpc) is 2.45. The highest BCUT2D eigenvalue weighted by Gasteiger charge is 2.16. The summed E-state index contributed by atoms with van der Waals surface area (Å²) in [6, 6.07) is 3.36. The van der Waals surface area contributed by atoms with Gasteiger partial charge in [-0.1, -0.05) is 18.5 Å². The first-order chi connectivity index (χ1) is 9.60. The van der Waals surface area contributed by atoms with Gasteiger partial charge in [0.15, 0.2) is 11.5 Å². The van der Waals surface area contributed by atoms with Crippen molar-refractivity contribution in [3.63, 3.8) is 0 Å². The Balaban J connectivity index is 2.00. The number of hydrogen-bond acceptors (Lipinski definition) is 4. The summed E-state index contributed by atoms with van der Waals surface area (Å²) in [6.07, 6.45) is 1.17. The Morgan fingerprint density at radius 3 is 2.70 bits per heavy atom. The van der Waals surface area contributed by atoms with Crippen molar-refractivity contribution in [1.82, 2.24) is 0 Å². The van der Waals surface area contributed by atoms with E-state index in [2.05, 4.69) is 5.32 Å². The minimum atomic E-state index is -0.0797. The summed E-state index contributed by atoms with van der Waals surface area (Å²) in [4.78, 5) is 11.9. The minimum absolute atomic E-state index is 0.0797. The third-order valence-corrected chi connectivity index (χ3v) is 3.49. The molecule has 3 N–H and O–H groups in total. The smallest absolute Gasteiger partial charge is 0.224 e. The summed E-state index contributed by atoms with van der Waals surface area (Å²) in [5.74, 6) is 1.46. The molecule has 1 atom stereocenters. The maximum absolute atomic E-state index is 11.9. The van der Waals surface area contributed by atoms with E-state index in [1.165, 1.54) is 0 Å². The summed E-state index contributed by atoms with van der Waals surface area (Å²) in [5.41, 5.74) is 6.07. The van der Waals surface area contributed by atoms with E-state index in [1.807, 2.05) is 6.92 Å². The van der Waals surface area contributed by atoms with Crippen LogP contribution in [0.25, 0.3) is 0 Å². The lowest BCUT2D eigenvalue weighted by Crippen LogP contribution is -2.18. The highest BCUT2D eigenvalue weighted by Crippen LogP contribution is 2.37. The fourth-order valence-electron chi connectivity index (χ4n) is 1.87. The van der Waals surface area contributed by atoms with Crippen LogP contribution in [0.4, 0.5) is 5.69 Å². The molecule has 20 heavy (non-hydrogen) atoms. The lowest BCUT2D eigenvalue weighted by molar-refractivity contribution is -0.116. The molecule has 0 saturated carbocycles. The Labute approximate surface area is 123 Å². The molecule has 0 spiro atoms. The lowest BCUT2D eigenvalue weighted by Gasteiger charge is -2.20. The number of carbonyl (C=O) groups is 1. The second-order valence-corrected chi connectivity index (χ2v) is 5.31. The maximum atomic E-state index is 11.9. The summed E-state index contributed by atoms with van der Waals surface area (Å²) in [6.45, 7) is 3.60. The standard InChI is InChI=1S/C14H19ClN2O3/c1-9(8-16)2-3-14(18)17-11-7-13-12(6-10(11)15)19-4-5-20-13/h6-7,9H,2-5,8,16H2,1H3,(H,17,18). The highest BCUT2D eigenvalue weighted by atomic mass is 35.5. The number of halogens is 1. The first-order valence-corrected chi connectivity index (χ1v) is 7.07. The SMILES string of the molecule is CC(CN)CCC(=O)Nc1cc2c(cc1Cl)OCCO2. The molecule has 0 radical (unpaired) electrons. The molecule has 1 unspecified atom stereocenters. The molecule has 2 rings (SSSR count). The Morgan fingerprint density at radius 1 is 1.40 bits per heavy atom. The number of fused-ring (bicyclic) bond motifs is 1. The molecule has 0 aliphatic carbocycles. The van der Waals surface area contributed by atoms with Gasteiger partial charge in [0, 0.05) is 18.6 Å². The zero-order valence-electron chi connectivity index (χ0n) is 11.4. The Kier molecular flexibility index (Phi) is 5.09. The van der Waals surface area contributed by atoms with Gasteiger partial charge < -0.3 is 20.5 Å². The van der Waals surface area contributed by atoms with Gasteiger partial charge in [-0.3, -0.25) is 4.79 Å². The Hall–Kier alpha value is -1.46. The molecule has 1 aliphatic heterocycles. The monoisotopic (exact) mass is 298 g/mol. The molecule has 0 bridgehead atoms. The van der Waals surface area contributed by atoms with Crippen molar-refractivity contribution in [2.24, 2.45) is 11.7 Å². The molecule has 5 nitrogen and oxygen atoms in total. The van der Waals surface area contributed by atoms with Gasteiger partial charge in [0.2, 0.25) is 5.91 Å². The lowest BCUT2D eigenvalue weighted by atomic mass is 10.1. The molecule has 0 saturated heterocycles. The van der Waals surface area contributed by atoms with Crippen LogP contribution in [0.1, 0.15) is 19.8 Å². The van der Waals surface area contributed by atoms with Gasteiger partial charge in [0.05, 0.1) is 10.7 Å². The van der Waals surface area contributed by atoms with Crippen molar-refractivity contribution in [3.8, 4) is 11.5 Å². The van der Waals surface area contributed by atoms with Gasteiger partial charge in [0.1, 0.15) is 13.2 Å². The number of benzene rings is 1. The molecule has 1 amide bonds. The van der Waals surface area contributed by atoms with Crippen LogP contribution in [0.5, 0.6) is 11.5 Å². The molecule has 6 heteroatoms. The van der Waals surface area contributed by atoms with E-state index < -0.39 is 0 Å². The van der Waals surface area contributed by atoms with Crippen molar-refractivity contribution in [2.75, 3.05) is 25.1 Å². The molecule has 1 aromatic rings. The van der Waals surface area contributed by atoms with E-state index in [0.29, 0.717) is 54.3 Å². The summed E-state index contributed by atoms with van der Waals surface area (Å²) in [7, 11) is 0. The van der Waals surface area contributed by atoms with Crippen molar-refractivity contribution in [2.45, 2.75) is 19.8 Å². The third-order valence-electron chi connectivity index (χ3n) is 3.17. The summed E-state index contributed by atoms with van der Waals surface area (Å²) < 4.78 is 10.9. The number of carbonyl (C=O) groups excluding carboxylic acids is 1. The predicted octanol–water partition coefficient (Wildman–Crippen LogP) is 2.42. The van der Waals surface area contributed by atoms with Crippen molar-refractivity contribution < 1.29 is 14.3 Å². The molecule has 1 aromatic carbocycles. The van der Waals surface area contributed by atoms with Crippen molar-refractivity contribution in [3.05, 3.63) is 17.2 Å². The average molecular weight is 299 g/mol. The third kappa shape index (κ3) is 3.77. The quantitative estimate of drug-likeness (QED) is 0.875. The van der Waals surface area contributed by atoms with Gasteiger partial charge in [-0.2, -0.15) is 0 Å². The van der Waals surface area contributed by atoms with Crippen LogP contribution in [-0.4, -0.2) is 25.7 Å². The molecule has 0 fully saturated rings. The normalized spacial score (nSPS) is 14.8. The summed E-state index contributed by atoms with van der Waals surface area (Å²) in [5, 5.41) is 3.23. The van der Waals surface area contributed by atoms with Crippen LogP contribution < -0.4 is 20.5 Å². The Bertz CT molecular complexity index is 494. The van der Waals surface area contributed by atoms with Crippen LogP contribution >= 0.6 is 11.6 Å². The first kappa shape index (κ1) is 14.9. The van der Waals surface area contributed by atoms with Gasteiger partial charge >= 0.3 is 0 Å². The van der Waals surface area contributed by atoms with E-state index in [-0.39, 0.29) is 5.91 Å². The van der Waals surface area contributed by atoms with E-state index >= 15 is 0 Å². The molecule has 0 aromatic heterocycles. The van der Waals surface area contributed by atoms with E-state index in [0.717, 1.165) is 6.42 Å². The number of nitrogens with two attached hydrogens (primary N) is 1. The van der Waals surface area contributed by atoms with Crippen LogP contribution in [0.15, 0.2) is 12.1 Å². The fraction of sp³-hybridized carbons (Fsp3) is 0.500. The molecular weight excluding hydrogens is 280 g/mol. The zero-order valence-corrected chi connectivity index (χ0v) is 12.2. The number of nitrogens with one attached hydrogen (secondary N) is 1. The molecule has 1 aliphatic rings. The molecular formula is C14H19ClN2O3. The second-order valence-electron chi connectivity index (χ2n) is 4.90. The summed E-state index contributed by atoms with van der Waals surface area (Å²) >= 11 is 6.12. The zero-order chi connectivity index (χ0) is 14.5. The second kappa shape index (κ2) is 6.81.